The Bertz CT molecular complexity index is 1310. The minimum atomic E-state index is -2.83. The van der Waals surface area contributed by atoms with Crippen molar-refractivity contribution in [2.45, 2.75) is 20.3 Å². The highest BCUT2D eigenvalue weighted by atomic mass is 32.1. The van der Waals surface area contributed by atoms with Crippen molar-refractivity contribution in [3.05, 3.63) is 73.6 Å². The summed E-state index contributed by atoms with van der Waals surface area (Å²) in [7, 11) is 0. The number of nitrogens with one attached hydrogen (secondary N) is 1. The van der Waals surface area contributed by atoms with Gasteiger partial charge < -0.3 is 0 Å². The van der Waals surface area contributed by atoms with E-state index in [2.05, 4.69) is 9.97 Å². The zero-order valence-corrected chi connectivity index (χ0v) is 16.6. The number of aromatic amines is 1. The second-order valence-corrected chi connectivity index (χ2v) is 7.79. The summed E-state index contributed by atoms with van der Waals surface area (Å²) in [5, 5.41) is 1.70. The number of hydrogen-bond donors (Lipinski definition) is 1. The van der Waals surface area contributed by atoms with E-state index < -0.39 is 12.0 Å². The number of alkyl halides is 2. The van der Waals surface area contributed by atoms with Gasteiger partial charge in [-0.3, -0.25) is 14.3 Å². The maximum atomic E-state index is 13.9. The number of halogens is 2. The Morgan fingerprint density at radius 1 is 1.21 bits per heavy atom. The monoisotopic (exact) mass is 415 g/mol. The van der Waals surface area contributed by atoms with Crippen LogP contribution in [0, 0.1) is 18.6 Å². The minimum absolute atomic E-state index is 0.113. The normalized spacial score (nSPS) is 11.5. The zero-order valence-electron chi connectivity index (χ0n) is 15.0. The number of nitrogens with zero attached hydrogens (tertiary/aromatic N) is 2. The fraction of sp³-hybridized carbons (Fsp3) is 0.150. The van der Waals surface area contributed by atoms with Crippen LogP contribution in [-0.2, 0) is 0 Å². The maximum Gasteiger partial charge on any atom is 0.264 e. The average molecular weight is 415 g/mol. The Balaban J connectivity index is 2.21. The first-order valence-corrected chi connectivity index (χ1v) is 9.75. The molecule has 142 valence electrons. The molecule has 0 atom stereocenters. The molecule has 1 aromatic carbocycles. The third-order valence-electron chi connectivity index (χ3n) is 4.51. The van der Waals surface area contributed by atoms with Gasteiger partial charge in [0.05, 0.1) is 21.6 Å². The number of fused-ring (bicyclic) bond motifs is 1. The number of aromatic nitrogens is 3. The minimum Gasteiger partial charge on any atom is -0.298 e. The fourth-order valence-electron chi connectivity index (χ4n) is 3.16. The molecule has 4 rings (SSSR count). The van der Waals surface area contributed by atoms with Gasteiger partial charge in [0.25, 0.3) is 12.0 Å². The van der Waals surface area contributed by atoms with Crippen LogP contribution >= 0.6 is 23.6 Å². The first kappa shape index (κ1) is 18.6. The summed E-state index contributed by atoms with van der Waals surface area (Å²) in [4.78, 5) is 20.4. The molecule has 0 bridgehead atoms. The lowest BCUT2D eigenvalue weighted by Crippen LogP contribution is -2.17. The van der Waals surface area contributed by atoms with Crippen LogP contribution in [0.25, 0.3) is 27.3 Å². The van der Waals surface area contributed by atoms with Crippen LogP contribution in [-0.4, -0.2) is 14.5 Å². The van der Waals surface area contributed by atoms with Gasteiger partial charge in [0.1, 0.15) is 0 Å². The lowest BCUT2D eigenvalue weighted by Gasteiger charge is -2.16. The summed E-state index contributed by atoms with van der Waals surface area (Å²) in [6, 6.07) is 10.7. The fourth-order valence-corrected chi connectivity index (χ4v) is 4.13. The Morgan fingerprint density at radius 3 is 2.68 bits per heavy atom. The highest BCUT2D eigenvalue weighted by Crippen LogP contribution is 2.32. The van der Waals surface area contributed by atoms with E-state index in [1.54, 1.807) is 10.6 Å². The van der Waals surface area contributed by atoms with E-state index in [0.29, 0.717) is 11.4 Å². The lowest BCUT2D eigenvalue weighted by molar-refractivity contribution is 0.153. The number of aryl methyl sites for hydroxylation is 2. The van der Waals surface area contributed by atoms with Crippen LogP contribution in [0.3, 0.4) is 0 Å². The van der Waals surface area contributed by atoms with E-state index in [1.165, 1.54) is 17.4 Å². The molecule has 28 heavy (non-hydrogen) atoms. The summed E-state index contributed by atoms with van der Waals surface area (Å²) in [5.41, 5.74) is 2.05. The summed E-state index contributed by atoms with van der Waals surface area (Å²) in [6.07, 6.45) is -2.83. The number of pyridine rings is 1. The van der Waals surface area contributed by atoms with Crippen molar-refractivity contribution in [2.75, 3.05) is 0 Å². The number of thiophene rings is 1. The Labute approximate surface area is 168 Å². The molecule has 0 aliphatic heterocycles. The molecule has 0 saturated carbocycles. The third kappa shape index (κ3) is 3.08. The molecule has 0 spiro atoms. The first-order chi connectivity index (χ1) is 13.4. The molecule has 8 heteroatoms. The predicted octanol–water partition coefficient (Wildman–Crippen LogP) is 5.73. The van der Waals surface area contributed by atoms with Gasteiger partial charge in [-0.25, -0.2) is 13.8 Å². The van der Waals surface area contributed by atoms with Crippen molar-refractivity contribution in [3.8, 4) is 16.3 Å². The first-order valence-electron chi connectivity index (χ1n) is 8.46. The van der Waals surface area contributed by atoms with Crippen molar-refractivity contribution in [1.29, 1.82) is 0 Å². The molecule has 1 N–H and O–H groups in total. The zero-order chi connectivity index (χ0) is 20.0. The third-order valence-corrected chi connectivity index (χ3v) is 5.68. The summed E-state index contributed by atoms with van der Waals surface area (Å²) in [5.74, 6) is 0. The number of rotatable bonds is 3. The molecule has 4 nitrogen and oxygen atoms in total. The Kier molecular flexibility index (Phi) is 4.68. The number of benzene rings is 1. The second kappa shape index (κ2) is 7.03. The van der Waals surface area contributed by atoms with Gasteiger partial charge in [-0.05, 0) is 60.8 Å². The van der Waals surface area contributed by atoms with E-state index in [9.17, 15) is 13.6 Å². The molecule has 0 unspecified atom stereocenters. The van der Waals surface area contributed by atoms with E-state index in [0.717, 1.165) is 16.0 Å². The molecule has 0 fully saturated rings. The van der Waals surface area contributed by atoms with Crippen LogP contribution in [0.15, 0.2) is 46.6 Å². The van der Waals surface area contributed by atoms with Crippen molar-refractivity contribution in [2.24, 2.45) is 0 Å². The molecular formula is C20H15F2N3OS2. The van der Waals surface area contributed by atoms with Crippen LogP contribution in [0.1, 0.15) is 23.1 Å². The molecule has 0 radical (unpaired) electrons. The van der Waals surface area contributed by atoms with Gasteiger partial charge >= 0.3 is 0 Å². The highest BCUT2D eigenvalue weighted by molar-refractivity contribution is 7.71. The quantitative estimate of drug-likeness (QED) is 0.435. The summed E-state index contributed by atoms with van der Waals surface area (Å²) < 4.78 is 29.4. The molecular weight excluding hydrogens is 400 g/mol. The Hall–Kier alpha value is -2.71. The lowest BCUT2D eigenvalue weighted by atomic mass is 10.1. The van der Waals surface area contributed by atoms with E-state index in [4.69, 9.17) is 12.2 Å². The highest BCUT2D eigenvalue weighted by Gasteiger charge is 2.21. The molecule has 0 aliphatic carbocycles. The van der Waals surface area contributed by atoms with Crippen molar-refractivity contribution in [1.82, 2.24) is 14.5 Å². The van der Waals surface area contributed by atoms with Crippen molar-refractivity contribution in [3.63, 3.8) is 0 Å². The van der Waals surface area contributed by atoms with Gasteiger partial charge in [-0.1, -0.05) is 18.2 Å². The molecule has 0 aliphatic rings. The topological polar surface area (TPSA) is 50.7 Å². The van der Waals surface area contributed by atoms with E-state index >= 15 is 0 Å². The van der Waals surface area contributed by atoms with Crippen molar-refractivity contribution < 1.29 is 8.78 Å². The smallest absolute Gasteiger partial charge is 0.264 e. The second-order valence-electron chi connectivity index (χ2n) is 6.46. The van der Waals surface area contributed by atoms with Gasteiger partial charge in [-0.15, -0.1) is 11.3 Å². The Morgan fingerprint density at radius 2 is 2.00 bits per heavy atom. The van der Waals surface area contributed by atoms with Gasteiger partial charge in [0.15, 0.2) is 10.4 Å². The maximum absolute atomic E-state index is 13.9. The van der Waals surface area contributed by atoms with Gasteiger partial charge in [0.2, 0.25) is 0 Å². The standard InChI is InChI=1S/C20H15F2N3OS2/c1-10-5-6-11(2)14(8-10)25-18-16(19(26)24-20(25)27)12(17(21)22)9-13(23-18)15-4-3-7-28-15/h3-9,17H,1-2H3,(H,24,26,27). The SMILES string of the molecule is Cc1ccc(C)c(-n2c(=S)[nH]c(=O)c3c(C(F)F)cc(-c4cccs4)nc32)c1. The van der Waals surface area contributed by atoms with Crippen LogP contribution in [0.2, 0.25) is 0 Å². The predicted molar refractivity (Wildman–Crippen MR) is 110 cm³/mol. The van der Waals surface area contributed by atoms with Gasteiger partial charge in [-0.2, -0.15) is 0 Å². The summed E-state index contributed by atoms with van der Waals surface area (Å²) >= 11 is 6.78. The van der Waals surface area contributed by atoms with Gasteiger partial charge in [0, 0.05) is 5.56 Å². The molecule has 0 saturated heterocycles. The number of H-pyrrole nitrogens is 1. The largest absolute Gasteiger partial charge is 0.298 e. The van der Waals surface area contributed by atoms with Crippen LogP contribution in [0.5, 0.6) is 0 Å². The summed E-state index contributed by atoms with van der Waals surface area (Å²) in [6.45, 7) is 3.82. The number of hydrogen-bond acceptors (Lipinski definition) is 4. The average Bonchev–Trinajstić information content (AvgIpc) is 3.18. The van der Waals surface area contributed by atoms with E-state index in [-0.39, 0.29) is 21.4 Å². The molecule has 3 heterocycles. The van der Waals surface area contributed by atoms with Crippen LogP contribution < -0.4 is 5.56 Å². The van der Waals surface area contributed by atoms with Crippen molar-refractivity contribution >= 4 is 34.6 Å². The van der Waals surface area contributed by atoms with E-state index in [1.807, 2.05) is 43.5 Å². The molecule has 3 aromatic heterocycles. The molecule has 4 aromatic rings. The molecule has 0 amide bonds. The van der Waals surface area contributed by atoms with Crippen LogP contribution in [0.4, 0.5) is 8.78 Å².